The first-order valence-electron chi connectivity index (χ1n) is 12.7. The fourth-order valence-corrected chi connectivity index (χ4v) is 6.12. The highest BCUT2D eigenvalue weighted by molar-refractivity contribution is 7.99. The number of nitrogens with two attached hydrogens (primary N) is 1. The van der Waals surface area contributed by atoms with Crippen molar-refractivity contribution in [3.05, 3.63) is 65.1 Å². The van der Waals surface area contributed by atoms with Crippen molar-refractivity contribution in [2.45, 2.75) is 43.3 Å². The van der Waals surface area contributed by atoms with Crippen LogP contribution in [0.1, 0.15) is 43.0 Å². The smallest absolute Gasteiger partial charge is 0.172 e. The maximum Gasteiger partial charge on any atom is 0.172 e. The number of alkyl halides is 1. The number of nitrogens with zero attached hydrogens (tertiary/aromatic N) is 2. The number of aliphatic hydroxyl groups is 1. The monoisotopic (exact) mass is 551 g/mol. The Kier molecular flexibility index (Phi) is 9.51. The van der Waals surface area contributed by atoms with E-state index in [9.17, 15) is 18.3 Å². The van der Waals surface area contributed by atoms with Crippen molar-refractivity contribution < 1.29 is 27.4 Å². The Morgan fingerprint density at radius 2 is 1.95 bits per heavy atom. The van der Waals surface area contributed by atoms with Gasteiger partial charge in [-0.05, 0) is 74.0 Å². The highest BCUT2D eigenvalue weighted by Crippen LogP contribution is 2.41. The van der Waals surface area contributed by atoms with Crippen LogP contribution in [-0.2, 0) is 6.54 Å². The quantitative estimate of drug-likeness (QED) is 0.179. The number of fused-ring (bicyclic) bond motifs is 1. The van der Waals surface area contributed by atoms with Crippen molar-refractivity contribution in [3.8, 4) is 5.75 Å². The van der Waals surface area contributed by atoms with Crippen molar-refractivity contribution in [3.63, 3.8) is 0 Å². The predicted octanol–water partition coefficient (Wildman–Crippen LogP) is 5.78. The lowest BCUT2D eigenvalue weighted by Gasteiger charge is -2.41. The zero-order chi connectivity index (χ0) is 27.3. The molecule has 0 amide bonds. The minimum absolute atomic E-state index is 0.0370. The molecule has 0 unspecified atom stereocenters. The van der Waals surface area contributed by atoms with Gasteiger partial charge < -0.3 is 20.5 Å². The van der Waals surface area contributed by atoms with E-state index in [1.807, 2.05) is 0 Å². The summed E-state index contributed by atoms with van der Waals surface area (Å²) in [7, 11) is 1.56. The van der Waals surface area contributed by atoms with Gasteiger partial charge in [-0.15, -0.1) is 11.8 Å². The maximum absolute atomic E-state index is 15.8. The lowest BCUT2D eigenvalue weighted by molar-refractivity contribution is 0.0322. The second-order valence-corrected chi connectivity index (χ2v) is 11.0. The number of pyridine rings is 1. The number of likely N-dealkylation sites (tertiary alicyclic amines) is 1. The largest absolute Gasteiger partial charge is 0.497 e. The van der Waals surface area contributed by atoms with Crippen LogP contribution in [0.4, 0.5) is 17.6 Å². The van der Waals surface area contributed by atoms with Crippen LogP contribution in [0.3, 0.4) is 0 Å². The molecule has 0 bridgehead atoms. The van der Waals surface area contributed by atoms with Gasteiger partial charge in [-0.25, -0.2) is 17.6 Å². The number of benzene rings is 2. The number of aromatic nitrogens is 1. The molecule has 38 heavy (non-hydrogen) atoms. The summed E-state index contributed by atoms with van der Waals surface area (Å²) in [5.41, 5.74) is 7.37. The topological polar surface area (TPSA) is 71.6 Å². The number of thioether (sulfide) groups is 1. The van der Waals surface area contributed by atoms with Gasteiger partial charge in [0, 0.05) is 53.6 Å². The van der Waals surface area contributed by atoms with Gasteiger partial charge in [0.1, 0.15) is 17.7 Å². The number of ether oxygens (including phenoxy) is 1. The average Bonchev–Trinajstić information content (AvgIpc) is 2.94. The van der Waals surface area contributed by atoms with Crippen LogP contribution in [-0.4, -0.2) is 54.1 Å². The number of piperidine rings is 1. The van der Waals surface area contributed by atoms with Gasteiger partial charge >= 0.3 is 0 Å². The molecule has 1 aliphatic heterocycles. The fourth-order valence-electron chi connectivity index (χ4n) is 5.13. The van der Waals surface area contributed by atoms with Gasteiger partial charge in [-0.3, -0.25) is 4.98 Å². The molecule has 3 aromatic rings. The summed E-state index contributed by atoms with van der Waals surface area (Å²) < 4.78 is 61.9. The molecule has 0 radical (unpaired) electrons. The van der Waals surface area contributed by atoms with Gasteiger partial charge in [-0.1, -0.05) is 0 Å². The lowest BCUT2D eigenvalue weighted by Crippen LogP contribution is -2.42. The van der Waals surface area contributed by atoms with Crippen LogP contribution >= 0.6 is 11.8 Å². The number of methoxy groups -OCH3 is 1. The normalized spacial score (nSPS) is 16.6. The molecule has 1 atom stereocenters. The van der Waals surface area contributed by atoms with Crippen molar-refractivity contribution in [2.24, 2.45) is 11.1 Å². The minimum atomic E-state index is -1.27. The first-order chi connectivity index (χ1) is 18.3. The summed E-state index contributed by atoms with van der Waals surface area (Å²) in [5, 5.41) is 10.9. The fraction of sp³-hybridized carbons (Fsp3) is 0.464. The molecule has 0 aliphatic carbocycles. The minimum Gasteiger partial charge on any atom is -0.497 e. The summed E-state index contributed by atoms with van der Waals surface area (Å²) in [6, 6.07) is 6.90. The van der Waals surface area contributed by atoms with Gasteiger partial charge in [0.05, 0.1) is 12.6 Å². The van der Waals surface area contributed by atoms with Gasteiger partial charge in [0.15, 0.2) is 11.6 Å². The van der Waals surface area contributed by atoms with E-state index in [2.05, 4.69) is 9.88 Å². The Balaban J connectivity index is 1.35. The molecule has 5 nitrogen and oxygen atoms in total. The van der Waals surface area contributed by atoms with E-state index in [4.69, 9.17) is 10.5 Å². The molecule has 1 aromatic heterocycles. The van der Waals surface area contributed by atoms with E-state index in [1.54, 1.807) is 31.5 Å². The third-order valence-corrected chi connectivity index (χ3v) is 8.53. The van der Waals surface area contributed by atoms with Crippen molar-refractivity contribution in [1.82, 2.24) is 9.88 Å². The summed E-state index contributed by atoms with van der Waals surface area (Å²) in [4.78, 5) is 6.54. The van der Waals surface area contributed by atoms with Crippen molar-refractivity contribution >= 4 is 22.7 Å². The van der Waals surface area contributed by atoms with E-state index in [0.717, 1.165) is 17.8 Å². The van der Waals surface area contributed by atoms with Gasteiger partial charge in [0.25, 0.3) is 0 Å². The van der Waals surface area contributed by atoms with E-state index in [0.29, 0.717) is 78.5 Å². The zero-order valence-corrected chi connectivity index (χ0v) is 22.2. The molecule has 1 saturated heterocycles. The molecular formula is C28H33F4N3O2S. The molecule has 0 saturated carbocycles. The Morgan fingerprint density at radius 3 is 2.63 bits per heavy atom. The first kappa shape index (κ1) is 28.6. The van der Waals surface area contributed by atoms with Crippen molar-refractivity contribution in [2.75, 3.05) is 39.1 Å². The molecule has 1 aliphatic rings. The predicted molar refractivity (Wildman–Crippen MR) is 142 cm³/mol. The molecule has 2 heterocycles. The standard InChI is InChI=1S/C28H33F4N3O2S/c1-37-20-2-3-24-21(14-20)26(18(15-33)16-34-24)22(30)4-5-28(17-36)6-8-35(9-7-28)10-11-38-25-13-19(29)12-23(31)27(25)32/h2-3,12-14,16,22,36H,4-11,15,17,33H2,1H3/t22-/m0/s1. The Hall–Kier alpha value is -2.40. The summed E-state index contributed by atoms with van der Waals surface area (Å²) >= 11 is 1.07. The Morgan fingerprint density at radius 1 is 1.18 bits per heavy atom. The number of hydrogen-bond donors (Lipinski definition) is 2. The molecule has 1 fully saturated rings. The number of halogens is 4. The molecule has 4 rings (SSSR count). The van der Waals surface area contributed by atoms with Crippen LogP contribution in [0, 0.1) is 22.9 Å². The van der Waals surface area contributed by atoms with Gasteiger partial charge in [0.2, 0.25) is 0 Å². The highest BCUT2D eigenvalue weighted by atomic mass is 32.2. The third-order valence-electron chi connectivity index (χ3n) is 7.54. The number of aliphatic hydroxyl groups excluding tert-OH is 1. The second kappa shape index (κ2) is 12.6. The number of rotatable bonds is 11. The molecule has 206 valence electrons. The zero-order valence-electron chi connectivity index (χ0n) is 21.4. The van der Waals surface area contributed by atoms with E-state index < -0.39 is 29.0 Å². The SMILES string of the molecule is COc1ccc2ncc(CN)c([C@@H](F)CCC3(CO)CCN(CCSc4cc(F)cc(F)c4F)CC3)c2c1. The van der Waals surface area contributed by atoms with Crippen LogP contribution in [0.15, 0.2) is 41.4 Å². The van der Waals surface area contributed by atoms with E-state index >= 15 is 4.39 Å². The van der Waals surface area contributed by atoms with Crippen LogP contribution < -0.4 is 10.5 Å². The molecule has 2 aromatic carbocycles. The third kappa shape index (κ3) is 6.42. The molecule has 10 heteroatoms. The average molecular weight is 552 g/mol. The summed E-state index contributed by atoms with van der Waals surface area (Å²) in [6.45, 7) is 2.13. The van der Waals surface area contributed by atoms with Gasteiger partial charge in [-0.2, -0.15) is 0 Å². The Labute approximate surface area is 224 Å². The Bertz CT molecular complexity index is 1250. The summed E-state index contributed by atoms with van der Waals surface area (Å²) in [5.74, 6) is -1.95. The molecule has 0 spiro atoms. The highest BCUT2D eigenvalue weighted by Gasteiger charge is 2.35. The summed E-state index contributed by atoms with van der Waals surface area (Å²) in [6.07, 6.45) is 2.49. The molecule has 3 N–H and O–H groups in total. The van der Waals surface area contributed by atoms with Crippen LogP contribution in [0.5, 0.6) is 5.75 Å². The van der Waals surface area contributed by atoms with E-state index in [1.165, 1.54) is 0 Å². The number of hydrogen-bond acceptors (Lipinski definition) is 6. The maximum atomic E-state index is 15.8. The van der Waals surface area contributed by atoms with Crippen LogP contribution in [0.2, 0.25) is 0 Å². The first-order valence-corrected chi connectivity index (χ1v) is 13.7. The van der Waals surface area contributed by atoms with Crippen molar-refractivity contribution in [1.29, 1.82) is 0 Å². The molecular weight excluding hydrogens is 518 g/mol. The van der Waals surface area contributed by atoms with Crippen LogP contribution in [0.25, 0.3) is 10.9 Å². The van der Waals surface area contributed by atoms with E-state index in [-0.39, 0.29) is 24.5 Å². The second-order valence-electron chi connectivity index (χ2n) is 9.84. The lowest BCUT2D eigenvalue weighted by atomic mass is 9.74.